The highest BCUT2D eigenvalue weighted by atomic mass is 35.5. The minimum Gasteiger partial charge on any atom is -0.354 e. The molecule has 0 fully saturated rings. The Labute approximate surface area is 209 Å². The molecular formula is C29H26ClN3O2. The van der Waals surface area contributed by atoms with Crippen molar-refractivity contribution in [3.8, 4) is 11.3 Å². The summed E-state index contributed by atoms with van der Waals surface area (Å²) in [6, 6.07) is 19.2. The zero-order valence-corrected chi connectivity index (χ0v) is 20.6. The van der Waals surface area contributed by atoms with Crippen LogP contribution in [0.15, 0.2) is 66.7 Å². The quantitative estimate of drug-likeness (QED) is 0.276. The number of benzene rings is 3. The predicted octanol–water partition coefficient (Wildman–Crippen LogP) is 6.93. The maximum Gasteiger partial charge on any atom is 0.248 e. The van der Waals surface area contributed by atoms with Gasteiger partial charge in [0.05, 0.1) is 17.8 Å². The van der Waals surface area contributed by atoms with Crippen molar-refractivity contribution in [3.63, 3.8) is 0 Å². The Morgan fingerprint density at radius 2 is 1.89 bits per heavy atom. The molecular weight excluding hydrogens is 458 g/mol. The first-order chi connectivity index (χ1) is 16.7. The first kappa shape index (κ1) is 22.9. The predicted molar refractivity (Wildman–Crippen MR) is 144 cm³/mol. The number of hydrogen-bond donors (Lipinski definition) is 3. The third-order valence-electron chi connectivity index (χ3n) is 6.22. The standard InChI is InChI=1S/C29H26ClN3O2/c1-29(2,3)18-9-11-24-21(14-18)22-16-27(35)32-25-10-7-17(13-23(25)28(22)33-24)8-12-26(34)31-20-6-4-5-19(30)15-20/h4-15,33H,16H2,1-3H3,(H,31,34)(H,32,35)/b12-8+. The van der Waals surface area contributed by atoms with Gasteiger partial charge in [0.15, 0.2) is 0 Å². The molecule has 0 aliphatic carbocycles. The molecule has 1 aromatic heterocycles. The molecule has 35 heavy (non-hydrogen) atoms. The summed E-state index contributed by atoms with van der Waals surface area (Å²) in [7, 11) is 0. The zero-order chi connectivity index (χ0) is 24.7. The molecule has 5 nitrogen and oxygen atoms in total. The number of carbonyl (C=O) groups excluding carboxylic acids is 2. The van der Waals surface area contributed by atoms with Crippen LogP contribution in [0.5, 0.6) is 0 Å². The molecule has 0 radical (unpaired) electrons. The third kappa shape index (κ3) is 4.73. The lowest BCUT2D eigenvalue weighted by atomic mass is 9.86. The van der Waals surface area contributed by atoms with E-state index in [1.54, 1.807) is 30.3 Å². The average molecular weight is 484 g/mol. The van der Waals surface area contributed by atoms with E-state index in [4.69, 9.17) is 11.6 Å². The van der Waals surface area contributed by atoms with E-state index in [0.717, 1.165) is 39.0 Å². The summed E-state index contributed by atoms with van der Waals surface area (Å²) in [4.78, 5) is 28.7. The highest BCUT2D eigenvalue weighted by molar-refractivity contribution is 6.31. The van der Waals surface area contributed by atoms with Crippen molar-refractivity contribution < 1.29 is 9.59 Å². The second-order valence-electron chi connectivity index (χ2n) is 9.85. The minimum absolute atomic E-state index is 0.00680. The van der Waals surface area contributed by atoms with E-state index in [-0.39, 0.29) is 17.2 Å². The molecule has 1 aliphatic heterocycles. The monoisotopic (exact) mass is 483 g/mol. The van der Waals surface area contributed by atoms with Gasteiger partial charge in [0.1, 0.15) is 0 Å². The number of aromatic amines is 1. The normalized spacial score (nSPS) is 13.3. The average Bonchev–Trinajstić information content (AvgIpc) is 3.08. The third-order valence-corrected chi connectivity index (χ3v) is 6.45. The van der Waals surface area contributed by atoms with Gasteiger partial charge in [-0.05, 0) is 70.6 Å². The number of halogens is 1. The van der Waals surface area contributed by atoms with Crippen LogP contribution in [0.3, 0.4) is 0 Å². The Kier molecular flexibility index (Phi) is 5.73. The number of hydrogen-bond acceptors (Lipinski definition) is 2. The van der Waals surface area contributed by atoms with E-state index >= 15 is 0 Å². The summed E-state index contributed by atoms with van der Waals surface area (Å²) in [5, 5.41) is 7.45. The van der Waals surface area contributed by atoms with Crippen LogP contribution in [-0.2, 0) is 21.4 Å². The maximum absolute atomic E-state index is 12.7. The van der Waals surface area contributed by atoms with Gasteiger partial charge in [-0.2, -0.15) is 0 Å². The fourth-order valence-corrected chi connectivity index (χ4v) is 4.58. The van der Waals surface area contributed by atoms with E-state index in [2.05, 4.69) is 54.6 Å². The Morgan fingerprint density at radius 3 is 2.66 bits per heavy atom. The largest absolute Gasteiger partial charge is 0.354 e. The fourth-order valence-electron chi connectivity index (χ4n) is 4.39. The molecule has 0 bridgehead atoms. The summed E-state index contributed by atoms with van der Waals surface area (Å²) in [6.45, 7) is 6.55. The molecule has 0 saturated carbocycles. The van der Waals surface area contributed by atoms with Gasteiger partial charge in [-0.3, -0.25) is 9.59 Å². The Hall–Kier alpha value is -3.83. The molecule has 2 amide bonds. The van der Waals surface area contributed by atoms with Crippen molar-refractivity contribution in [2.75, 3.05) is 10.6 Å². The number of rotatable bonds is 3. The van der Waals surface area contributed by atoms with Crippen LogP contribution < -0.4 is 10.6 Å². The van der Waals surface area contributed by atoms with Crippen molar-refractivity contribution in [1.29, 1.82) is 0 Å². The SMILES string of the molecule is CC(C)(C)c1ccc2[nH]c3c(c2c1)CC(=O)Nc1ccc(/C=C/C(=O)Nc2cccc(Cl)c2)cc1-3. The molecule has 6 heteroatoms. The molecule has 2 heterocycles. The number of nitrogens with one attached hydrogen (secondary N) is 3. The summed E-state index contributed by atoms with van der Waals surface area (Å²) in [5.74, 6) is -0.298. The second-order valence-corrected chi connectivity index (χ2v) is 10.3. The first-order valence-electron chi connectivity index (χ1n) is 11.5. The van der Waals surface area contributed by atoms with Crippen LogP contribution >= 0.6 is 11.6 Å². The van der Waals surface area contributed by atoms with Gasteiger partial charge in [-0.15, -0.1) is 0 Å². The van der Waals surface area contributed by atoms with Gasteiger partial charge in [-0.25, -0.2) is 0 Å². The van der Waals surface area contributed by atoms with Crippen LogP contribution in [0.4, 0.5) is 11.4 Å². The number of H-pyrrole nitrogens is 1. The van der Waals surface area contributed by atoms with Crippen LogP contribution in [0.2, 0.25) is 5.02 Å². The van der Waals surface area contributed by atoms with E-state index in [1.807, 2.05) is 18.2 Å². The van der Waals surface area contributed by atoms with Crippen molar-refractivity contribution >= 4 is 51.8 Å². The van der Waals surface area contributed by atoms with E-state index < -0.39 is 0 Å². The van der Waals surface area contributed by atoms with E-state index in [9.17, 15) is 9.59 Å². The van der Waals surface area contributed by atoms with Crippen LogP contribution in [0, 0.1) is 0 Å². The Bertz CT molecular complexity index is 1510. The van der Waals surface area contributed by atoms with Gasteiger partial charge in [-0.1, -0.05) is 50.6 Å². The molecule has 0 spiro atoms. The van der Waals surface area contributed by atoms with Gasteiger partial charge in [0.25, 0.3) is 0 Å². The fraction of sp³-hybridized carbons (Fsp3) is 0.172. The number of anilines is 2. The highest BCUT2D eigenvalue weighted by Gasteiger charge is 2.24. The number of amides is 2. The lowest BCUT2D eigenvalue weighted by Gasteiger charge is -2.19. The molecule has 4 aromatic rings. The van der Waals surface area contributed by atoms with Crippen molar-refractivity contribution in [3.05, 3.63) is 88.5 Å². The topological polar surface area (TPSA) is 74.0 Å². The Morgan fingerprint density at radius 1 is 1.06 bits per heavy atom. The smallest absolute Gasteiger partial charge is 0.248 e. The summed E-state index contributed by atoms with van der Waals surface area (Å²) >= 11 is 5.99. The van der Waals surface area contributed by atoms with E-state index in [0.29, 0.717) is 17.1 Å². The maximum atomic E-state index is 12.7. The molecule has 3 aromatic carbocycles. The molecule has 5 rings (SSSR count). The molecule has 0 atom stereocenters. The van der Waals surface area contributed by atoms with Crippen molar-refractivity contribution in [2.24, 2.45) is 0 Å². The lowest BCUT2D eigenvalue weighted by Crippen LogP contribution is -2.13. The van der Waals surface area contributed by atoms with Gasteiger partial charge < -0.3 is 15.6 Å². The molecule has 0 unspecified atom stereocenters. The van der Waals surface area contributed by atoms with Crippen molar-refractivity contribution in [2.45, 2.75) is 32.6 Å². The van der Waals surface area contributed by atoms with Crippen LogP contribution in [0.25, 0.3) is 28.2 Å². The van der Waals surface area contributed by atoms with Crippen LogP contribution in [0.1, 0.15) is 37.5 Å². The molecule has 176 valence electrons. The molecule has 0 saturated heterocycles. The first-order valence-corrected chi connectivity index (χ1v) is 11.9. The van der Waals surface area contributed by atoms with Crippen LogP contribution in [-0.4, -0.2) is 16.8 Å². The summed E-state index contributed by atoms with van der Waals surface area (Å²) in [6.07, 6.45) is 3.54. The minimum atomic E-state index is -0.253. The summed E-state index contributed by atoms with van der Waals surface area (Å²) < 4.78 is 0. The number of carbonyl (C=O) groups is 2. The number of aromatic nitrogens is 1. The van der Waals surface area contributed by atoms with Gasteiger partial charge in [0.2, 0.25) is 11.8 Å². The second kappa shape index (κ2) is 8.75. The highest BCUT2D eigenvalue weighted by Crippen LogP contribution is 2.39. The zero-order valence-electron chi connectivity index (χ0n) is 19.8. The lowest BCUT2D eigenvalue weighted by molar-refractivity contribution is -0.115. The molecule has 3 N–H and O–H groups in total. The van der Waals surface area contributed by atoms with Gasteiger partial charge in [0, 0.05) is 33.3 Å². The Balaban J connectivity index is 1.51. The summed E-state index contributed by atoms with van der Waals surface area (Å²) in [5.41, 5.74) is 7.28. The molecule has 1 aliphatic rings. The van der Waals surface area contributed by atoms with E-state index in [1.165, 1.54) is 11.6 Å². The van der Waals surface area contributed by atoms with Gasteiger partial charge >= 0.3 is 0 Å². The van der Waals surface area contributed by atoms with Crippen molar-refractivity contribution in [1.82, 2.24) is 4.98 Å². The number of fused-ring (bicyclic) bond motifs is 5.